The zero-order chi connectivity index (χ0) is 37.5. The summed E-state index contributed by atoms with van der Waals surface area (Å²) >= 11 is 0. The van der Waals surface area contributed by atoms with E-state index in [9.17, 15) is 40.9 Å². The first-order valence-corrected chi connectivity index (χ1v) is 16.9. The number of aliphatic hydroxyl groups is 8. The van der Waals surface area contributed by atoms with Crippen LogP contribution in [0.25, 0.3) is 0 Å². The van der Waals surface area contributed by atoms with Gasteiger partial charge in [-0.25, -0.2) is 0 Å². The number of nitrogens with two attached hydrogens (primary N) is 7. The molecule has 1 saturated carbocycles. The smallest absolute Gasteiger partial charge is 0.187 e. The van der Waals surface area contributed by atoms with E-state index >= 15 is 0 Å². The van der Waals surface area contributed by atoms with Gasteiger partial charge in [0.2, 0.25) is 0 Å². The SMILES string of the molecule is NC[C@@H]1O[C@H](O[C@H]2[C@@H](O)[C@H](O[C@@H]3[C@@H](O)[C@H](N)C[C@H](N)[C@H]3O[C@H]3O[C@H](CN)[C@@H](O)[C@H](O)[C@H]3N)O[C@@H]2CO[C@@H]2O[C@H](CN)[C@@H](O)[C@H]2O)[C@H](N)[C@@H](O)[C@@H]1O. The molecular formula is C28H55N7O16. The van der Waals surface area contributed by atoms with Crippen molar-refractivity contribution in [2.45, 2.75) is 147 Å². The van der Waals surface area contributed by atoms with Gasteiger partial charge in [-0.1, -0.05) is 0 Å². The molecule has 4 heterocycles. The summed E-state index contributed by atoms with van der Waals surface area (Å²) in [4.78, 5) is 0. The zero-order valence-electron chi connectivity index (χ0n) is 27.7. The number of aliphatic hydroxyl groups excluding tert-OH is 8. The maximum Gasteiger partial charge on any atom is 0.187 e. The van der Waals surface area contributed by atoms with Crippen molar-refractivity contribution in [3.63, 3.8) is 0 Å². The van der Waals surface area contributed by atoms with Crippen LogP contribution in [0, 0.1) is 0 Å². The molecule has 4 saturated heterocycles. The molecule has 0 aromatic heterocycles. The van der Waals surface area contributed by atoms with E-state index in [0.29, 0.717) is 0 Å². The molecule has 23 nitrogen and oxygen atoms in total. The van der Waals surface area contributed by atoms with Crippen molar-refractivity contribution in [1.29, 1.82) is 0 Å². The van der Waals surface area contributed by atoms with Crippen molar-refractivity contribution in [2.24, 2.45) is 40.1 Å². The van der Waals surface area contributed by atoms with Crippen molar-refractivity contribution >= 4 is 0 Å². The van der Waals surface area contributed by atoms with E-state index in [-0.39, 0.29) is 26.1 Å². The average molecular weight is 746 g/mol. The van der Waals surface area contributed by atoms with Gasteiger partial charge >= 0.3 is 0 Å². The van der Waals surface area contributed by atoms with Crippen LogP contribution in [0.15, 0.2) is 0 Å². The molecule has 0 unspecified atom stereocenters. The summed E-state index contributed by atoms with van der Waals surface area (Å²) in [6.07, 6.45) is -26.0. The van der Waals surface area contributed by atoms with Crippen LogP contribution in [0.5, 0.6) is 0 Å². The number of ether oxygens (including phenoxy) is 8. The molecule has 23 heteroatoms. The van der Waals surface area contributed by atoms with Crippen molar-refractivity contribution in [1.82, 2.24) is 0 Å². The van der Waals surface area contributed by atoms with Crippen molar-refractivity contribution < 1.29 is 78.7 Å². The van der Waals surface area contributed by atoms with Gasteiger partial charge in [-0.05, 0) is 6.42 Å². The fourth-order valence-corrected chi connectivity index (χ4v) is 6.97. The Balaban J connectivity index is 1.36. The Morgan fingerprint density at radius 3 is 1.37 bits per heavy atom. The van der Waals surface area contributed by atoms with Crippen LogP contribution < -0.4 is 40.1 Å². The third-order valence-corrected chi connectivity index (χ3v) is 10.2. The summed E-state index contributed by atoms with van der Waals surface area (Å²) in [5.41, 5.74) is 41.8. The molecule has 1 aliphatic carbocycles. The Hall–Kier alpha value is -0.920. The highest BCUT2D eigenvalue weighted by atomic mass is 16.8. The van der Waals surface area contributed by atoms with Gasteiger partial charge in [0.15, 0.2) is 25.2 Å². The summed E-state index contributed by atoms with van der Waals surface area (Å²) in [5.74, 6) is 0. The Morgan fingerprint density at radius 1 is 0.431 bits per heavy atom. The van der Waals surface area contributed by atoms with Crippen LogP contribution in [-0.2, 0) is 37.9 Å². The Kier molecular flexibility index (Phi) is 14.0. The molecule has 51 heavy (non-hydrogen) atoms. The molecule has 0 bridgehead atoms. The number of rotatable bonds is 12. The van der Waals surface area contributed by atoms with Crippen LogP contribution in [-0.4, -0.2) is 208 Å². The fraction of sp³-hybridized carbons (Fsp3) is 1.00. The summed E-state index contributed by atoms with van der Waals surface area (Å²) in [6.45, 7) is -0.982. The van der Waals surface area contributed by atoms with Crippen LogP contribution in [0.3, 0.4) is 0 Å². The molecular weight excluding hydrogens is 690 g/mol. The highest BCUT2D eigenvalue weighted by Crippen LogP contribution is 2.35. The quantitative estimate of drug-likeness (QED) is 0.0881. The molecule has 0 amide bonds. The lowest BCUT2D eigenvalue weighted by atomic mass is 9.84. The predicted molar refractivity (Wildman–Crippen MR) is 167 cm³/mol. The Morgan fingerprint density at radius 2 is 0.863 bits per heavy atom. The molecule has 0 aromatic carbocycles. The van der Waals surface area contributed by atoms with Gasteiger partial charge in [0.25, 0.3) is 0 Å². The Bertz CT molecular complexity index is 1110. The standard InChI is InChI=1S/C28H55N7O16/c29-2-8-15(37)18(40)12(34)25(45-8)49-22-7(33)1-6(32)14(36)24(22)51-28-21(43)23(50-26-13(35)19(41)16(38)9(3-30)46-26)11(48-28)5-44-27-20(42)17(39)10(4-31)47-27/h6-28,36-43H,1-5,29-35H2/t6-,7+,8-,9+,10-,11-,12-,13-,14+,15-,16-,17-,18-,19-,20-,21-,22-,23-,24-,25-,26-,27-,28+/m1/s1. The highest BCUT2D eigenvalue weighted by molar-refractivity contribution is 5.02. The topological polar surface area (TPSA) is 418 Å². The van der Waals surface area contributed by atoms with Gasteiger partial charge in [-0.3, -0.25) is 0 Å². The minimum atomic E-state index is -1.71. The van der Waals surface area contributed by atoms with E-state index in [1.54, 1.807) is 0 Å². The van der Waals surface area contributed by atoms with Crippen LogP contribution in [0.2, 0.25) is 0 Å². The molecule has 23 atom stereocenters. The van der Waals surface area contributed by atoms with Gasteiger partial charge < -0.3 is 119 Å². The predicted octanol–water partition coefficient (Wildman–Crippen LogP) is -10.5. The molecule has 22 N–H and O–H groups in total. The minimum absolute atomic E-state index is 0.0438. The first-order chi connectivity index (χ1) is 24.1. The third-order valence-electron chi connectivity index (χ3n) is 10.2. The number of hydrogen-bond donors (Lipinski definition) is 15. The van der Waals surface area contributed by atoms with Crippen molar-refractivity contribution in [3.05, 3.63) is 0 Å². The molecule has 5 rings (SSSR count). The van der Waals surface area contributed by atoms with Crippen LogP contribution in [0.1, 0.15) is 6.42 Å². The van der Waals surface area contributed by atoms with Crippen molar-refractivity contribution in [3.8, 4) is 0 Å². The largest absolute Gasteiger partial charge is 0.389 e. The molecule has 0 aromatic rings. The highest BCUT2D eigenvalue weighted by Gasteiger charge is 2.55. The normalized spacial score (nSPS) is 53.8. The number of hydrogen-bond acceptors (Lipinski definition) is 23. The lowest BCUT2D eigenvalue weighted by Crippen LogP contribution is -2.68. The summed E-state index contributed by atoms with van der Waals surface area (Å²) in [7, 11) is 0. The van der Waals surface area contributed by atoms with Gasteiger partial charge in [0, 0.05) is 31.7 Å². The summed E-state index contributed by atoms with van der Waals surface area (Å²) < 4.78 is 46.8. The third kappa shape index (κ3) is 8.36. The average Bonchev–Trinajstić information content (AvgIpc) is 3.56. The first kappa shape index (κ1) is 41.2. The lowest BCUT2D eigenvalue weighted by Gasteiger charge is -2.47. The van der Waals surface area contributed by atoms with E-state index in [2.05, 4.69) is 0 Å². The van der Waals surface area contributed by atoms with Gasteiger partial charge in [-0.2, -0.15) is 0 Å². The van der Waals surface area contributed by atoms with Crippen molar-refractivity contribution in [2.75, 3.05) is 26.2 Å². The van der Waals surface area contributed by atoms with Gasteiger partial charge in [-0.15, -0.1) is 0 Å². The molecule has 4 aliphatic heterocycles. The van der Waals surface area contributed by atoms with Gasteiger partial charge in [0.05, 0.1) is 24.8 Å². The summed E-state index contributed by atoms with van der Waals surface area (Å²) in [5, 5.41) is 85.1. The minimum Gasteiger partial charge on any atom is -0.389 e. The van der Waals surface area contributed by atoms with E-state index < -0.39 is 147 Å². The monoisotopic (exact) mass is 745 g/mol. The second-order valence-electron chi connectivity index (χ2n) is 13.7. The fourth-order valence-electron chi connectivity index (χ4n) is 6.97. The van der Waals surface area contributed by atoms with E-state index in [4.69, 9.17) is 78.0 Å². The van der Waals surface area contributed by atoms with Crippen LogP contribution in [0.4, 0.5) is 0 Å². The second kappa shape index (κ2) is 17.3. The molecule has 5 aliphatic rings. The van der Waals surface area contributed by atoms with Gasteiger partial charge in [0.1, 0.15) is 85.5 Å². The molecule has 298 valence electrons. The second-order valence-corrected chi connectivity index (χ2v) is 13.7. The Labute approximate surface area is 292 Å². The molecule has 5 fully saturated rings. The maximum atomic E-state index is 11.6. The summed E-state index contributed by atoms with van der Waals surface area (Å²) in [6, 6.07) is -4.44. The molecule has 0 spiro atoms. The maximum absolute atomic E-state index is 11.6. The zero-order valence-corrected chi connectivity index (χ0v) is 27.7. The van der Waals surface area contributed by atoms with Crippen LogP contribution >= 0.6 is 0 Å². The van der Waals surface area contributed by atoms with E-state index in [1.165, 1.54) is 0 Å². The molecule has 0 radical (unpaired) electrons. The van der Waals surface area contributed by atoms with E-state index in [1.807, 2.05) is 0 Å². The lowest BCUT2D eigenvalue weighted by molar-refractivity contribution is -0.307. The van der Waals surface area contributed by atoms with E-state index in [0.717, 1.165) is 0 Å². The first-order valence-electron chi connectivity index (χ1n) is 16.9.